The molecule has 1 aliphatic rings. The van der Waals surface area contributed by atoms with Crippen molar-refractivity contribution in [3.8, 4) is 0 Å². The van der Waals surface area contributed by atoms with Crippen molar-refractivity contribution in [2.75, 3.05) is 13.1 Å². The van der Waals surface area contributed by atoms with E-state index in [1.807, 2.05) is 30.3 Å². The van der Waals surface area contributed by atoms with Gasteiger partial charge >= 0.3 is 0 Å². The van der Waals surface area contributed by atoms with Crippen LogP contribution >= 0.6 is 0 Å². The molecule has 0 aromatic heterocycles. The molecule has 1 aromatic rings. The molecule has 1 fully saturated rings. The Morgan fingerprint density at radius 1 is 1.12 bits per heavy atom. The Balaban J connectivity index is 2.06. The molecule has 0 saturated carbocycles. The molecule has 1 aromatic carbocycles. The van der Waals surface area contributed by atoms with Gasteiger partial charge in [-0.05, 0) is 24.7 Å². The Bertz CT molecular complexity index is 381. The van der Waals surface area contributed by atoms with Gasteiger partial charge in [-0.2, -0.15) is 0 Å². The first kappa shape index (κ1) is 12.2. The van der Waals surface area contributed by atoms with Crippen molar-refractivity contribution in [1.29, 1.82) is 5.41 Å². The van der Waals surface area contributed by atoms with Crippen LogP contribution in [0.5, 0.6) is 0 Å². The van der Waals surface area contributed by atoms with Gasteiger partial charge in [-0.3, -0.25) is 5.41 Å². The van der Waals surface area contributed by atoms with Gasteiger partial charge in [-0.1, -0.05) is 44.2 Å². The van der Waals surface area contributed by atoms with Gasteiger partial charge in [0.25, 0.3) is 0 Å². The van der Waals surface area contributed by atoms with Gasteiger partial charge in [-0.25, -0.2) is 0 Å². The molecular weight excluding hydrogens is 208 g/mol. The summed E-state index contributed by atoms with van der Waals surface area (Å²) in [6.45, 7) is 6.71. The average Bonchev–Trinajstić information content (AvgIpc) is 2.50. The van der Waals surface area contributed by atoms with Gasteiger partial charge in [0, 0.05) is 18.7 Å². The predicted octanol–water partition coefficient (Wildman–Crippen LogP) is 3.52. The SMILES string of the molecule is CC1(C)CCCN(C(=N)c2ccccc2)CC1. The molecule has 0 unspecified atom stereocenters. The number of amidine groups is 1. The van der Waals surface area contributed by atoms with Crippen LogP contribution in [0.15, 0.2) is 30.3 Å². The molecule has 2 heteroatoms. The lowest BCUT2D eigenvalue weighted by molar-refractivity contribution is 0.313. The number of hydrogen-bond donors (Lipinski definition) is 1. The van der Waals surface area contributed by atoms with Gasteiger partial charge in [0.05, 0.1) is 0 Å². The Morgan fingerprint density at radius 3 is 2.53 bits per heavy atom. The van der Waals surface area contributed by atoms with Gasteiger partial charge in [0.15, 0.2) is 0 Å². The molecule has 1 aliphatic heterocycles. The van der Waals surface area contributed by atoms with Gasteiger partial charge in [0.1, 0.15) is 5.84 Å². The highest BCUT2D eigenvalue weighted by Crippen LogP contribution is 2.30. The first-order valence-corrected chi connectivity index (χ1v) is 6.47. The molecule has 0 aliphatic carbocycles. The lowest BCUT2D eigenvalue weighted by Crippen LogP contribution is -2.32. The fraction of sp³-hybridized carbons (Fsp3) is 0.533. The summed E-state index contributed by atoms with van der Waals surface area (Å²) in [4.78, 5) is 2.23. The van der Waals surface area contributed by atoms with Crippen LogP contribution in [0.3, 0.4) is 0 Å². The molecule has 1 saturated heterocycles. The molecule has 1 heterocycles. The minimum atomic E-state index is 0.436. The second-order valence-corrected chi connectivity index (χ2v) is 5.72. The Labute approximate surface area is 104 Å². The van der Waals surface area contributed by atoms with Crippen LogP contribution in [-0.4, -0.2) is 23.8 Å². The standard InChI is InChI=1S/C15H22N2/c1-15(2)9-6-11-17(12-10-15)14(16)13-7-4-3-5-8-13/h3-5,7-8,16H,6,9-12H2,1-2H3. The van der Waals surface area contributed by atoms with Crippen LogP contribution < -0.4 is 0 Å². The number of hydrogen-bond acceptors (Lipinski definition) is 1. The smallest absolute Gasteiger partial charge is 0.128 e. The van der Waals surface area contributed by atoms with E-state index >= 15 is 0 Å². The molecule has 0 atom stereocenters. The molecule has 2 nitrogen and oxygen atoms in total. The third-order valence-electron chi connectivity index (χ3n) is 3.70. The fourth-order valence-corrected chi connectivity index (χ4v) is 2.43. The largest absolute Gasteiger partial charge is 0.357 e. The quantitative estimate of drug-likeness (QED) is 0.580. The van der Waals surface area contributed by atoms with Crippen molar-refractivity contribution in [1.82, 2.24) is 4.90 Å². The highest BCUT2D eigenvalue weighted by Gasteiger charge is 2.24. The summed E-state index contributed by atoms with van der Waals surface area (Å²) in [5.74, 6) is 0.684. The summed E-state index contributed by atoms with van der Waals surface area (Å²) in [7, 11) is 0. The fourth-order valence-electron chi connectivity index (χ4n) is 2.43. The van der Waals surface area contributed by atoms with Crippen molar-refractivity contribution >= 4 is 5.84 Å². The summed E-state index contributed by atoms with van der Waals surface area (Å²) >= 11 is 0. The second kappa shape index (κ2) is 4.91. The minimum Gasteiger partial charge on any atom is -0.357 e. The van der Waals surface area contributed by atoms with E-state index in [0.29, 0.717) is 11.3 Å². The average molecular weight is 230 g/mol. The van der Waals surface area contributed by atoms with E-state index in [4.69, 9.17) is 5.41 Å². The summed E-state index contributed by atoms with van der Waals surface area (Å²) in [5.41, 5.74) is 1.47. The molecule has 0 amide bonds. The number of likely N-dealkylation sites (tertiary alicyclic amines) is 1. The van der Waals surface area contributed by atoms with E-state index in [9.17, 15) is 0 Å². The zero-order valence-corrected chi connectivity index (χ0v) is 10.9. The second-order valence-electron chi connectivity index (χ2n) is 5.72. The number of rotatable bonds is 1. The molecule has 0 bridgehead atoms. The highest BCUT2D eigenvalue weighted by atomic mass is 15.2. The lowest BCUT2D eigenvalue weighted by Gasteiger charge is -2.25. The van der Waals surface area contributed by atoms with E-state index in [-0.39, 0.29) is 0 Å². The van der Waals surface area contributed by atoms with Crippen LogP contribution in [0.1, 0.15) is 38.7 Å². The minimum absolute atomic E-state index is 0.436. The highest BCUT2D eigenvalue weighted by molar-refractivity contribution is 5.96. The number of benzene rings is 1. The van der Waals surface area contributed by atoms with Crippen LogP contribution in [0.4, 0.5) is 0 Å². The maximum atomic E-state index is 8.28. The monoisotopic (exact) mass is 230 g/mol. The van der Waals surface area contributed by atoms with Crippen LogP contribution in [-0.2, 0) is 0 Å². The van der Waals surface area contributed by atoms with Crippen LogP contribution in [0.25, 0.3) is 0 Å². The predicted molar refractivity (Wildman–Crippen MR) is 72.5 cm³/mol. The first-order valence-electron chi connectivity index (χ1n) is 6.47. The Kier molecular flexibility index (Phi) is 3.51. The molecule has 2 rings (SSSR count). The van der Waals surface area contributed by atoms with Crippen molar-refractivity contribution < 1.29 is 0 Å². The van der Waals surface area contributed by atoms with Crippen molar-refractivity contribution in [3.63, 3.8) is 0 Å². The summed E-state index contributed by atoms with van der Waals surface area (Å²) < 4.78 is 0. The molecule has 1 N–H and O–H groups in total. The summed E-state index contributed by atoms with van der Waals surface area (Å²) in [6.07, 6.45) is 3.65. The Hall–Kier alpha value is -1.31. The van der Waals surface area contributed by atoms with E-state index in [1.165, 1.54) is 19.3 Å². The number of nitrogens with zero attached hydrogens (tertiary/aromatic N) is 1. The van der Waals surface area contributed by atoms with Gasteiger partial charge < -0.3 is 4.90 Å². The van der Waals surface area contributed by atoms with E-state index in [2.05, 4.69) is 18.7 Å². The number of nitrogens with one attached hydrogen (secondary N) is 1. The van der Waals surface area contributed by atoms with E-state index < -0.39 is 0 Å². The van der Waals surface area contributed by atoms with Gasteiger partial charge in [-0.15, -0.1) is 0 Å². The molecule has 17 heavy (non-hydrogen) atoms. The van der Waals surface area contributed by atoms with Crippen molar-refractivity contribution in [2.45, 2.75) is 33.1 Å². The summed E-state index contributed by atoms with van der Waals surface area (Å²) in [6, 6.07) is 10.1. The molecule has 0 radical (unpaired) electrons. The maximum Gasteiger partial charge on any atom is 0.128 e. The topological polar surface area (TPSA) is 27.1 Å². The molecule has 92 valence electrons. The van der Waals surface area contributed by atoms with Gasteiger partial charge in [0.2, 0.25) is 0 Å². The van der Waals surface area contributed by atoms with Crippen molar-refractivity contribution in [3.05, 3.63) is 35.9 Å². The van der Waals surface area contributed by atoms with Crippen LogP contribution in [0.2, 0.25) is 0 Å². The van der Waals surface area contributed by atoms with E-state index in [1.54, 1.807) is 0 Å². The zero-order valence-electron chi connectivity index (χ0n) is 10.9. The molecule has 0 spiro atoms. The lowest BCUT2D eigenvalue weighted by atomic mass is 9.85. The van der Waals surface area contributed by atoms with E-state index in [0.717, 1.165) is 18.7 Å². The summed E-state index contributed by atoms with van der Waals surface area (Å²) in [5, 5.41) is 8.28. The third-order valence-corrected chi connectivity index (χ3v) is 3.70. The molecular formula is C15H22N2. The Morgan fingerprint density at radius 2 is 1.82 bits per heavy atom. The normalized spacial score (nSPS) is 19.8. The van der Waals surface area contributed by atoms with Crippen LogP contribution in [0, 0.1) is 10.8 Å². The van der Waals surface area contributed by atoms with Crippen molar-refractivity contribution in [2.24, 2.45) is 5.41 Å². The zero-order chi connectivity index (χ0) is 12.3. The third kappa shape index (κ3) is 3.09. The maximum absolute atomic E-state index is 8.28. The first-order chi connectivity index (χ1) is 8.08.